The van der Waals surface area contributed by atoms with E-state index in [0.717, 1.165) is 35.9 Å². The second-order valence-electron chi connectivity index (χ2n) is 6.82. The van der Waals surface area contributed by atoms with Gasteiger partial charge in [-0.3, -0.25) is 4.79 Å². The van der Waals surface area contributed by atoms with Crippen molar-refractivity contribution < 1.29 is 4.79 Å². The summed E-state index contributed by atoms with van der Waals surface area (Å²) >= 11 is 0. The molecule has 0 aliphatic carbocycles. The normalized spacial score (nSPS) is 15.3. The van der Waals surface area contributed by atoms with Crippen LogP contribution < -0.4 is 10.2 Å². The van der Waals surface area contributed by atoms with Crippen molar-refractivity contribution in [1.82, 2.24) is 19.7 Å². The first-order valence-corrected chi connectivity index (χ1v) is 8.97. The first-order valence-electron chi connectivity index (χ1n) is 8.97. The van der Waals surface area contributed by atoms with Crippen LogP contribution in [0.4, 0.5) is 11.5 Å². The molecule has 4 rings (SSSR count). The van der Waals surface area contributed by atoms with E-state index < -0.39 is 0 Å². The lowest BCUT2D eigenvalue weighted by atomic mass is 9.99. The van der Waals surface area contributed by atoms with Gasteiger partial charge in [-0.05, 0) is 30.9 Å². The number of fused-ring (bicyclic) bond motifs is 1. The highest BCUT2D eigenvalue weighted by atomic mass is 16.2. The Labute approximate surface area is 152 Å². The predicted octanol–water partition coefficient (Wildman–Crippen LogP) is 2.70. The predicted molar refractivity (Wildman–Crippen MR) is 101 cm³/mol. The Morgan fingerprint density at radius 3 is 2.73 bits per heavy atom. The van der Waals surface area contributed by atoms with Gasteiger partial charge in [0, 0.05) is 18.8 Å². The Bertz CT molecular complexity index is 899. The third-order valence-electron chi connectivity index (χ3n) is 4.85. The van der Waals surface area contributed by atoms with E-state index in [0.29, 0.717) is 5.65 Å². The van der Waals surface area contributed by atoms with E-state index in [-0.39, 0.29) is 12.5 Å². The van der Waals surface area contributed by atoms with E-state index in [1.54, 1.807) is 17.2 Å². The van der Waals surface area contributed by atoms with Crippen LogP contribution in [0.25, 0.3) is 11.0 Å². The first kappa shape index (κ1) is 16.5. The Balaban J connectivity index is 1.54. The summed E-state index contributed by atoms with van der Waals surface area (Å²) in [6, 6.07) is 9.40. The minimum absolute atomic E-state index is 0.117. The molecule has 0 unspecified atom stereocenters. The summed E-state index contributed by atoms with van der Waals surface area (Å²) < 4.78 is 1.63. The van der Waals surface area contributed by atoms with Gasteiger partial charge in [-0.15, -0.1) is 0 Å². The van der Waals surface area contributed by atoms with Gasteiger partial charge in [0.2, 0.25) is 5.91 Å². The van der Waals surface area contributed by atoms with E-state index in [4.69, 9.17) is 0 Å². The number of benzene rings is 1. The van der Waals surface area contributed by atoms with Crippen LogP contribution in [0.15, 0.2) is 42.9 Å². The summed E-state index contributed by atoms with van der Waals surface area (Å²) in [5, 5.41) is 8.15. The van der Waals surface area contributed by atoms with Crippen molar-refractivity contribution in [3.63, 3.8) is 0 Å². The molecule has 1 N–H and O–H groups in total. The molecule has 0 saturated carbocycles. The van der Waals surface area contributed by atoms with Crippen LogP contribution in [-0.2, 0) is 11.3 Å². The second-order valence-corrected chi connectivity index (χ2v) is 6.82. The Kier molecular flexibility index (Phi) is 4.51. The van der Waals surface area contributed by atoms with Crippen molar-refractivity contribution in [3.05, 3.63) is 42.9 Å². The summed E-state index contributed by atoms with van der Waals surface area (Å²) in [6.45, 7) is 4.39. The maximum Gasteiger partial charge on any atom is 0.246 e. The van der Waals surface area contributed by atoms with Crippen LogP contribution in [0.5, 0.6) is 0 Å². The average molecular weight is 350 g/mol. The highest BCUT2D eigenvalue weighted by Gasteiger charge is 2.21. The summed E-state index contributed by atoms with van der Waals surface area (Å²) in [7, 11) is 0. The quantitative estimate of drug-likeness (QED) is 0.783. The van der Waals surface area contributed by atoms with Crippen LogP contribution in [0.2, 0.25) is 0 Å². The number of nitrogens with one attached hydrogen (secondary N) is 1. The van der Waals surface area contributed by atoms with Crippen molar-refractivity contribution in [1.29, 1.82) is 0 Å². The van der Waals surface area contributed by atoms with Crippen LogP contribution >= 0.6 is 0 Å². The number of aromatic nitrogens is 4. The molecular formula is C19H22N6O. The third-order valence-corrected chi connectivity index (χ3v) is 4.85. The van der Waals surface area contributed by atoms with Crippen molar-refractivity contribution in [3.8, 4) is 0 Å². The molecule has 0 bridgehead atoms. The third kappa shape index (κ3) is 3.37. The van der Waals surface area contributed by atoms with E-state index in [9.17, 15) is 4.79 Å². The lowest BCUT2D eigenvalue weighted by Gasteiger charge is -2.31. The van der Waals surface area contributed by atoms with E-state index in [2.05, 4.69) is 32.2 Å². The summed E-state index contributed by atoms with van der Waals surface area (Å²) in [5.41, 5.74) is 1.46. The molecule has 26 heavy (non-hydrogen) atoms. The lowest BCUT2D eigenvalue weighted by molar-refractivity contribution is -0.116. The van der Waals surface area contributed by atoms with E-state index >= 15 is 0 Å². The Morgan fingerprint density at radius 2 is 1.96 bits per heavy atom. The number of rotatable bonds is 4. The maximum atomic E-state index is 12.3. The SMILES string of the molecule is CC1CCN(c2ncnc3c2cnn3CC(=O)Nc2ccccc2)CC1. The van der Waals surface area contributed by atoms with Crippen molar-refractivity contribution >= 4 is 28.4 Å². The number of carbonyl (C=O) groups is 1. The van der Waals surface area contributed by atoms with Crippen LogP contribution in [0, 0.1) is 5.92 Å². The number of anilines is 2. The fourth-order valence-corrected chi connectivity index (χ4v) is 3.33. The molecule has 1 amide bonds. The van der Waals surface area contributed by atoms with Crippen molar-refractivity contribution in [2.45, 2.75) is 26.3 Å². The van der Waals surface area contributed by atoms with Crippen molar-refractivity contribution in [2.24, 2.45) is 5.92 Å². The standard InChI is InChI=1S/C19H22N6O/c1-14-7-9-24(10-8-14)18-16-11-22-25(19(16)21-13-20-18)12-17(26)23-15-5-3-2-4-6-15/h2-6,11,13-14H,7-10,12H2,1H3,(H,23,26). The Hall–Kier alpha value is -2.96. The monoisotopic (exact) mass is 350 g/mol. The first-order chi connectivity index (χ1) is 12.7. The van der Waals surface area contributed by atoms with E-state index in [1.807, 2.05) is 30.3 Å². The fourth-order valence-electron chi connectivity index (χ4n) is 3.33. The van der Waals surface area contributed by atoms with Gasteiger partial charge >= 0.3 is 0 Å². The van der Waals surface area contributed by atoms with Crippen LogP contribution in [-0.4, -0.2) is 38.7 Å². The number of para-hydroxylation sites is 1. The van der Waals surface area contributed by atoms with Gasteiger partial charge in [-0.25, -0.2) is 14.6 Å². The molecule has 0 radical (unpaired) electrons. The van der Waals surface area contributed by atoms with E-state index in [1.165, 1.54) is 12.8 Å². The average Bonchev–Trinajstić information content (AvgIpc) is 3.06. The van der Waals surface area contributed by atoms with Gasteiger partial charge in [0.25, 0.3) is 0 Å². The molecule has 1 saturated heterocycles. The topological polar surface area (TPSA) is 75.9 Å². The zero-order valence-corrected chi connectivity index (χ0v) is 14.8. The van der Waals surface area contributed by atoms with Gasteiger partial charge in [0.1, 0.15) is 18.7 Å². The summed E-state index contributed by atoms with van der Waals surface area (Å²) in [4.78, 5) is 23.4. The molecule has 1 fully saturated rings. The molecule has 1 aromatic carbocycles. The number of hydrogen-bond acceptors (Lipinski definition) is 5. The number of hydrogen-bond donors (Lipinski definition) is 1. The minimum atomic E-state index is -0.131. The molecule has 2 aromatic heterocycles. The molecule has 3 aromatic rings. The van der Waals surface area contributed by atoms with Gasteiger partial charge < -0.3 is 10.2 Å². The zero-order valence-electron chi connectivity index (χ0n) is 14.8. The smallest absolute Gasteiger partial charge is 0.246 e. The lowest BCUT2D eigenvalue weighted by Crippen LogP contribution is -2.33. The Morgan fingerprint density at radius 1 is 1.19 bits per heavy atom. The van der Waals surface area contributed by atoms with Gasteiger partial charge in [0.05, 0.1) is 11.6 Å². The number of piperidine rings is 1. The minimum Gasteiger partial charge on any atom is -0.356 e. The fraction of sp³-hybridized carbons (Fsp3) is 0.368. The molecule has 7 heteroatoms. The summed E-state index contributed by atoms with van der Waals surface area (Å²) in [5.74, 6) is 1.54. The molecule has 1 aliphatic rings. The maximum absolute atomic E-state index is 12.3. The molecule has 1 aliphatic heterocycles. The molecular weight excluding hydrogens is 328 g/mol. The molecule has 0 spiro atoms. The number of carbonyl (C=O) groups excluding carboxylic acids is 1. The van der Waals surface area contributed by atoms with Gasteiger partial charge in [-0.1, -0.05) is 25.1 Å². The van der Waals surface area contributed by atoms with Gasteiger partial charge in [0.15, 0.2) is 5.65 Å². The number of amides is 1. The zero-order chi connectivity index (χ0) is 17.9. The second kappa shape index (κ2) is 7.11. The number of nitrogens with zero attached hydrogens (tertiary/aromatic N) is 5. The van der Waals surface area contributed by atoms with Crippen LogP contribution in [0.1, 0.15) is 19.8 Å². The summed E-state index contributed by atoms with van der Waals surface area (Å²) in [6.07, 6.45) is 5.65. The highest BCUT2D eigenvalue weighted by Crippen LogP contribution is 2.27. The molecule has 7 nitrogen and oxygen atoms in total. The highest BCUT2D eigenvalue weighted by molar-refractivity contribution is 5.92. The van der Waals surface area contributed by atoms with Crippen LogP contribution in [0.3, 0.4) is 0 Å². The molecule has 0 atom stereocenters. The molecule has 134 valence electrons. The molecule has 3 heterocycles. The van der Waals surface area contributed by atoms with Gasteiger partial charge in [-0.2, -0.15) is 5.10 Å². The largest absolute Gasteiger partial charge is 0.356 e. The van der Waals surface area contributed by atoms with Crippen molar-refractivity contribution in [2.75, 3.05) is 23.3 Å².